The van der Waals surface area contributed by atoms with Crippen LogP contribution >= 0.6 is 22.9 Å². The fraction of sp³-hybridized carbons (Fsp3) is 0.444. The summed E-state index contributed by atoms with van der Waals surface area (Å²) < 4.78 is 7.36. The van der Waals surface area contributed by atoms with Gasteiger partial charge < -0.3 is 9.64 Å². The van der Waals surface area contributed by atoms with Crippen LogP contribution in [0.2, 0.25) is 5.02 Å². The summed E-state index contributed by atoms with van der Waals surface area (Å²) in [6.45, 7) is 5.90. The second-order valence-electron chi connectivity index (χ2n) is 6.78. The van der Waals surface area contributed by atoms with Gasteiger partial charge in [0, 0.05) is 42.8 Å². The molecule has 0 N–H and O–H groups in total. The molecule has 4 heterocycles. The third-order valence-electron chi connectivity index (χ3n) is 5.17. The second kappa shape index (κ2) is 6.81. The number of aromatic nitrogens is 3. The highest BCUT2D eigenvalue weighted by Crippen LogP contribution is 2.30. The largest absolute Gasteiger partial charge is 0.379 e. The van der Waals surface area contributed by atoms with Crippen LogP contribution in [0, 0.1) is 0 Å². The fourth-order valence-electron chi connectivity index (χ4n) is 3.73. The molecule has 2 aliphatic heterocycles. The highest BCUT2D eigenvalue weighted by atomic mass is 35.5. The minimum atomic E-state index is 0.611. The van der Waals surface area contributed by atoms with Crippen LogP contribution in [0.5, 0.6) is 0 Å². The standard InChI is InChI=1S/C18H20ClN5OS/c19-14-3-1-13(2-4-14)16-12-24-17(20-16)26-18(21-24)23-6-5-15(11-23)22-7-9-25-10-8-22/h1-4,12,15H,5-11H2. The average Bonchev–Trinajstić information content (AvgIpc) is 3.37. The zero-order chi connectivity index (χ0) is 17.5. The molecule has 8 heteroatoms. The van der Waals surface area contributed by atoms with Crippen LogP contribution in [0.1, 0.15) is 6.42 Å². The Morgan fingerprint density at radius 1 is 1.12 bits per heavy atom. The van der Waals surface area contributed by atoms with E-state index in [9.17, 15) is 0 Å². The quantitative estimate of drug-likeness (QED) is 0.689. The van der Waals surface area contributed by atoms with E-state index in [-0.39, 0.29) is 0 Å². The molecule has 2 aromatic heterocycles. The molecule has 1 unspecified atom stereocenters. The van der Waals surface area contributed by atoms with E-state index < -0.39 is 0 Å². The third kappa shape index (κ3) is 3.09. The van der Waals surface area contributed by atoms with E-state index in [4.69, 9.17) is 26.4 Å². The van der Waals surface area contributed by atoms with Crippen molar-refractivity contribution in [2.45, 2.75) is 12.5 Å². The molecule has 0 spiro atoms. The van der Waals surface area contributed by atoms with E-state index in [0.717, 1.165) is 65.8 Å². The topological polar surface area (TPSA) is 45.9 Å². The number of hydrogen-bond donors (Lipinski definition) is 0. The molecule has 2 fully saturated rings. The van der Waals surface area contributed by atoms with Gasteiger partial charge in [0.25, 0.3) is 0 Å². The Labute approximate surface area is 160 Å². The molecule has 5 rings (SSSR count). The molecule has 0 radical (unpaired) electrons. The summed E-state index contributed by atoms with van der Waals surface area (Å²) in [6.07, 6.45) is 3.19. The lowest BCUT2D eigenvalue weighted by Crippen LogP contribution is -2.44. The molecular formula is C18H20ClN5OS. The number of hydrogen-bond acceptors (Lipinski definition) is 6. The van der Waals surface area contributed by atoms with Gasteiger partial charge in [-0.2, -0.15) is 0 Å². The van der Waals surface area contributed by atoms with Crippen LogP contribution in [-0.4, -0.2) is 64.9 Å². The number of ether oxygens (including phenoxy) is 1. The van der Waals surface area contributed by atoms with E-state index in [1.807, 2.05) is 35.0 Å². The molecule has 0 aliphatic carbocycles. The van der Waals surface area contributed by atoms with Crippen LogP contribution in [0.4, 0.5) is 5.13 Å². The number of rotatable bonds is 3. The van der Waals surface area contributed by atoms with Gasteiger partial charge in [-0.25, -0.2) is 9.50 Å². The molecule has 6 nitrogen and oxygen atoms in total. The molecule has 3 aromatic rings. The maximum absolute atomic E-state index is 5.97. The second-order valence-corrected chi connectivity index (χ2v) is 8.15. The number of fused-ring (bicyclic) bond motifs is 1. The normalized spacial score (nSPS) is 21.7. The fourth-order valence-corrected chi connectivity index (χ4v) is 4.78. The van der Waals surface area contributed by atoms with E-state index in [1.165, 1.54) is 6.42 Å². The van der Waals surface area contributed by atoms with Crippen LogP contribution < -0.4 is 4.90 Å². The highest BCUT2D eigenvalue weighted by molar-refractivity contribution is 7.20. The van der Waals surface area contributed by atoms with Gasteiger partial charge in [0.2, 0.25) is 10.1 Å². The average molecular weight is 390 g/mol. The first-order chi connectivity index (χ1) is 12.8. The van der Waals surface area contributed by atoms with Gasteiger partial charge in [-0.1, -0.05) is 35.1 Å². The monoisotopic (exact) mass is 389 g/mol. The lowest BCUT2D eigenvalue weighted by molar-refractivity contribution is 0.0209. The maximum atomic E-state index is 5.97. The summed E-state index contributed by atoms with van der Waals surface area (Å²) >= 11 is 7.63. The minimum absolute atomic E-state index is 0.611. The van der Waals surface area contributed by atoms with Crippen molar-refractivity contribution in [3.8, 4) is 11.3 Å². The number of halogens is 1. The molecule has 26 heavy (non-hydrogen) atoms. The Balaban J connectivity index is 1.32. The van der Waals surface area contributed by atoms with E-state index in [0.29, 0.717) is 6.04 Å². The van der Waals surface area contributed by atoms with Gasteiger partial charge in [0.15, 0.2) is 0 Å². The molecule has 1 atom stereocenters. The minimum Gasteiger partial charge on any atom is -0.379 e. The van der Waals surface area contributed by atoms with Gasteiger partial charge in [0.1, 0.15) is 0 Å². The molecule has 0 amide bonds. The van der Waals surface area contributed by atoms with Gasteiger partial charge in [-0.3, -0.25) is 4.90 Å². The van der Waals surface area contributed by atoms with Crippen LogP contribution in [-0.2, 0) is 4.74 Å². The van der Waals surface area contributed by atoms with Crippen molar-refractivity contribution in [2.24, 2.45) is 0 Å². The first-order valence-corrected chi connectivity index (χ1v) is 10.1. The maximum Gasteiger partial charge on any atom is 0.214 e. The summed E-state index contributed by atoms with van der Waals surface area (Å²) in [7, 11) is 0. The molecule has 2 saturated heterocycles. The first-order valence-electron chi connectivity index (χ1n) is 8.95. The Morgan fingerprint density at radius 3 is 2.69 bits per heavy atom. The smallest absolute Gasteiger partial charge is 0.214 e. The Morgan fingerprint density at radius 2 is 1.92 bits per heavy atom. The van der Waals surface area contributed by atoms with Crippen molar-refractivity contribution < 1.29 is 4.74 Å². The van der Waals surface area contributed by atoms with Gasteiger partial charge >= 0.3 is 0 Å². The number of morpholine rings is 1. The number of imidazole rings is 1. The summed E-state index contributed by atoms with van der Waals surface area (Å²) in [6, 6.07) is 8.37. The zero-order valence-corrected chi connectivity index (χ0v) is 15.9. The van der Waals surface area contributed by atoms with Crippen LogP contribution in [0.3, 0.4) is 0 Å². The number of nitrogens with zero attached hydrogens (tertiary/aromatic N) is 5. The number of benzene rings is 1. The van der Waals surface area contributed by atoms with Crippen LogP contribution in [0.15, 0.2) is 30.5 Å². The third-order valence-corrected chi connectivity index (χ3v) is 6.40. The van der Waals surface area contributed by atoms with Gasteiger partial charge in [-0.15, -0.1) is 5.10 Å². The summed E-state index contributed by atoms with van der Waals surface area (Å²) in [5.41, 5.74) is 1.99. The molecule has 0 bridgehead atoms. The van der Waals surface area contributed by atoms with E-state index in [1.54, 1.807) is 11.3 Å². The van der Waals surface area contributed by atoms with Crippen molar-refractivity contribution in [2.75, 3.05) is 44.3 Å². The van der Waals surface area contributed by atoms with Crippen molar-refractivity contribution >= 4 is 33.0 Å². The summed E-state index contributed by atoms with van der Waals surface area (Å²) in [5.74, 6) is 0. The molecule has 136 valence electrons. The molecule has 2 aliphatic rings. The number of anilines is 1. The summed E-state index contributed by atoms with van der Waals surface area (Å²) in [4.78, 5) is 10.6. The predicted molar refractivity (Wildman–Crippen MR) is 104 cm³/mol. The van der Waals surface area contributed by atoms with Crippen molar-refractivity contribution in [3.05, 3.63) is 35.5 Å². The van der Waals surface area contributed by atoms with Crippen molar-refractivity contribution in [1.29, 1.82) is 0 Å². The van der Waals surface area contributed by atoms with Crippen molar-refractivity contribution in [3.63, 3.8) is 0 Å². The first kappa shape index (κ1) is 16.5. The summed E-state index contributed by atoms with van der Waals surface area (Å²) in [5, 5.41) is 6.56. The lowest BCUT2D eigenvalue weighted by atomic mass is 10.2. The lowest BCUT2D eigenvalue weighted by Gasteiger charge is -2.31. The van der Waals surface area contributed by atoms with Crippen LogP contribution in [0.25, 0.3) is 16.2 Å². The SMILES string of the molecule is Clc1ccc(-c2cn3nc(N4CCC(N5CCOCC5)C4)sc3n2)cc1. The Bertz CT molecular complexity index is 871. The molecule has 0 saturated carbocycles. The molecular weight excluding hydrogens is 370 g/mol. The van der Waals surface area contributed by atoms with Gasteiger partial charge in [0.05, 0.1) is 25.1 Å². The van der Waals surface area contributed by atoms with E-state index in [2.05, 4.69) is 9.80 Å². The molecule has 1 aromatic carbocycles. The predicted octanol–water partition coefficient (Wildman–Crippen LogP) is 3.02. The van der Waals surface area contributed by atoms with Gasteiger partial charge in [-0.05, 0) is 18.6 Å². The van der Waals surface area contributed by atoms with Crippen molar-refractivity contribution in [1.82, 2.24) is 19.5 Å². The zero-order valence-electron chi connectivity index (χ0n) is 14.3. The Kier molecular flexibility index (Phi) is 4.32. The Hall–Kier alpha value is -1.67. The highest BCUT2D eigenvalue weighted by Gasteiger charge is 2.30. The van der Waals surface area contributed by atoms with E-state index >= 15 is 0 Å².